The first kappa shape index (κ1) is 12.7. The summed E-state index contributed by atoms with van der Waals surface area (Å²) in [4.78, 5) is 4.45. The molecule has 1 aliphatic heterocycles. The van der Waals surface area contributed by atoms with Crippen LogP contribution in [0, 0.1) is 0 Å². The molecule has 0 saturated carbocycles. The fraction of sp³-hybridized carbons (Fsp3) is 0.500. The van der Waals surface area contributed by atoms with Crippen LogP contribution in [-0.2, 0) is 0 Å². The Kier molecular flexibility index (Phi) is 3.89. The number of aliphatic imine (C=N–C) groups is 1. The van der Waals surface area contributed by atoms with Crippen molar-refractivity contribution in [1.29, 1.82) is 0 Å². The van der Waals surface area contributed by atoms with Crippen LogP contribution >= 0.6 is 11.8 Å². The van der Waals surface area contributed by atoms with Crippen molar-refractivity contribution in [2.45, 2.75) is 44.1 Å². The van der Waals surface area contributed by atoms with Crippen LogP contribution < -0.4 is 0 Å². The molecule has 0 fully saturated rings. The predicted octanol–water partition coefficient (Wildman–Crippen LogP) is 3.45. The molecule has 2 nitrogen and oxygen atoms in total. The molecule has 1 heterocycles. The molecule has 1 N–H and O–H groups in total. The summed E-state index contributed by atoms with van der Waals surface area (Å²) in [7, 11) is 0. The summed E-state index contributed by atoms with van der Waals surface area (Å²) in [6.07, 6.45) is 3.03. The second-order valence-corrected chi connectivity index (χ2v) is 6.02. The van der Waals surface area contributed by atoms with Crippen molar-refractivity contribution >= 4 is 16.8 Å². The van der Waals surface area contributed by atoms with E-state index < -0.39 is 5.72 Å². The van der Waals surface area contributed by atoms with Crippen LogP contribution in [0.3, 0.4) is 0 Å². The van der Waals surface area contributed by atoms with E-state index in [1.165, 1.54) is 0 Å². The van der Waals surface area contributed by atoms with Gasteiger partial charge in [-0.3, -0.25) is 0 Å². The second kappa shape index (κ2) is 5.23. The molecular weight excluding hydrogens is 230 g/mol. The monoisotopic (exact) mass is 249 g/mol. The molecule has 0 radical (unpaired) electrons. The predicted molar refractivity (Wildman–Crippen MR) is 74.5 cm³/mol. The van der Waals surface area contributed by atoms with Crippen molar-refractivity contribution in [2.75, 3.05) is 0 Å². The van der Waals surface area contributed by atoms with E-state index in [2.05, 4.69) is 24.0 Å². The van der Waals surface area contributed by atoms with Gasteiger partial charge in [-0.25, -0.2) is 4.99 Å². The topological polar surface area (TPSA) is 32.6 Å². The van der Waals surface area contributed by atoms with Crippen molar-refractivity contribution in [3.63, 3.8) is 0 Å². The largest absolute Gasteiger partial charge is 0.369 e. The van der Waals surface area contributed by atoms with E-state index in [-0.39, 0.29) is 0 Å². The van der Waals surface area contributed by atoms with Crippen LogP contribution in [0.4, 0.5) is 0 Å². The fourth-order valence-corrected chi connectivity index (χ4v) is 3.71. The molecule has 2 unspecified atom stereocenters. The maximum Gasteiger partial charge on any atom is 0.155 e. The number of aliphatic hydroxyl groups is 1. The lowest BCUT2D eigenvalue weighted by molar-refractivity contribution is 0.0588. The number of thioether (sulfide) groups is 1. The summed E-state index contributed by atoms with van der Waals surface area (Å²) < 4.78 is 0. The molecule has 0 aliphatic carbocycles. The minimum Gasteiger partial charge on any atom is -0.369 e. The van der Waals surface area contributed by atoms with E-state index in [0.29, 0.717) is 5.25 Å². The molecule has 0 amide bonds. The Balaban J connectivity index is 2.24. The van der Waals surface area contributed by atoms with Gasteiger partial charge < -0.3 is 5.11 Å². The molecule has 92 valence electrons. The normalized spacial score (nSPS) is 28.9. The molecule has 2 rings (SSSR count). The van der Waals surface area contributed by atoms with Gasteiger partial charge in [-0.05, 0) is 13.3 Å². The van der Waals surface area contributed by atoms with Crippen LogP contribution in [0.5, 0.6) is 0 Å². The zero-order chi connectivity index (χ0) is 12.3. The lowest BCUT2D eigenvalue weighted by Gasteiger charge is -2.31. The molecule has 0 saturated heterocycles. The van der Waals surface area contributed by atoms with Crippen molar-refractivity contribution in [2.24, 2.45) is 4.99 Å². The smallest absolute Gasteiger partial charge is 0.155 e. The third-order valence-corrected chi connectivity index (χ3v) is 4.15. The van der Waals surface area contributed by atoms with Gasteiger partial charge in [0.15, 0.2) is 5.72 Å². The Labute approximate surface area is 107 Å². The summed E-state index contributed by atoms with van der Waals surface area (Å²) in [6, 6.07) is 10.1. The summed E-state index contributed by atoms with van der Waals surface area (Å²) in [5.41, 5.74) is 0.203. The van der Waals surface area contributed by atoms with E-state index >= 15 is 0 Å². The summed E-state index contributed by atoms with van der Waals surface area (Å²) in [5, 5.41) is 11.6. The maximum absolute atomic E-state index is 10.2. The van der Waals surface area contributed by atoms with Crippen LogP contribution in [0.2, 0.25) is 0 Å². The molecule has 0 spiro atoms. The van der Waals surface area contributed by atoms with Gasteiger partial charge in [0, 0.05) is 17.2 Å². The van der Waals surface area contributed by atoms with Gasteiger partial charge in [-0.15, -0.1) is 11.8 Å². The molecule has 0 bridgehead atoms. The SMILES string of the molecule is CCCC1CC(C)(O)N=C(c2ccccc2)S1. The highest BCUT2D eigenvalue weighted by Gasteiger charge is 2.31. The van der Waals surface area contributed by atoms with E-state index in [0.717, 1.165) is 29.9 Å². The minimum absolute atomic E-state index is 0.475. The first-order valence-electron chi connectivity index (χ1n) is 6.15. The number of nitrogens with zero attached hydrogens (tertiary/aromatic N) is 1. The average molecular weight is 249 g/mol. The van der Waals surface area contributed by atoms with E-state index in [1.54, 1.807) is 18.7 Å². The van der Waals surface area contributed by atoms with Crippen molar-refractivity contribution in [3.05, 3.63) is 35.9 Å². The quantitative estimate of drug-likeness (QED) is 0.890. The highest BCUT2D eigenvalue weighted by molar-refractivity contribution is 8.15. The lowest BCUT2D eigenvalue weighted by atomic mass is 10.1. The first-order valence-corrected chi connectivity index (χ1v) is 7.03. The molecule has 2 atom stereocenters. The molecule has 17 heavy (non-hydrogen) atoms. The Morgan fingerprint density at radius 2 is 2.12 bits per heavy atom. The van der Waals surface area contributed by atoms with E-state index in [1.807, 2.05) is 18.2 Å². The Bertz CT molecular complexity index is 400. The summed E-state index contributed by atoms with van der Waals surface area (Å²) in [6.45, 7) is 3.99. The molecule has 1 aromatic rings. The standard InChI is InChI=1S/C14H19NOS/c1-3-7-12-10-14(2,16)15-13(17-12)11-8-5-4-6-9-11/h4-6,8-9,12,16H,3,7,10H2,1-2H3. The Morgan fingerprint density at radius 1 is 1.41 bits per heavy atom. The molecule has 1 aromatic carbocycles. The lowest BCUT2D eigenvalue weighted by Crippen LogP contribution is -2.32. The third-order valence-electron chi connectivity index (χ3n) is 2.87. The summed E-state index contributed by atoms with van der Waals surface area (Å²) >= 11 is 1.80. The summed E-state index contributed by atoms with van der Waals surface area (Å²) in [5.74, 6) is 0. The van der Waals surface area contributed by atoms with Crippen molar-refractivity contribution in [1.82, 2.24) is 0 Å². The zero-order valence-electron chi connectivity index (χ0n) is 10.4. The van der Waals surface area contributed by atoms with Crippen LogP contribution in [0.15, 0.2) is 35.3 Å². The molecular formula is C14H19NOS. The van der Waals surface area contributed by atoms with Crippen molar-refractivity contribution in [3.8, 4) is 0 Å². The Morgan fingerprint density at radius 3 is 2.76 bits per heavy atom. The van der Waals surface area contributed by atoms with Crippen LogP contribution in [0.25, 0.3) is 0 Å². The number of hydrogen-bond acceptors (Lipinski definition) is 3. The Hall–Kier alpha value is -0.800. The molecule has 0 aromatic heterocycles. The number of rotatable bonds is 3. The van der Waals surface area contributed by atoms with Gasteiger partial charge in [0.25, 0.3) is 0 Å². The molecule has 3 heteroatoms. The third kappa shape index (κ3) is 3.33. The van der Waals surface area contributed by atoms with Gasteiger partial charge in [0.05, 0.1) is 0 Å². The average Bonchev–Trinajstić information content (AvgIpc) is 2.28. The maximum atomic E-state index is 10.2. The van der Waals surface area contributed by atoms with Crippen LogP contribution in [-0.4, -0.2) is 21.1 Å². The van der Waals surface area contributed by atoms with Gasteiger partial charge in [-0.1, -0.05) is 43.7 Å². The van der Waals surface area contributed by atoms with E-state index in [4.69, 9.17) is 0 Å². The number of benzene rings is 1. The second-order valence-electron chi connectivity index (χ2n) is 4.73. The van der Waals surface area contributed by atoms with Gasteiger partial charge >= 0.3 is 0 Å². The zero-order valence-corrected chi connectivity index (χ0v) is 11.2. The van der Waals surface area contributed by atoms with E-state index in [9.17, 15) is 5.11 Å². The van der Waals surface area contributed by atoms with Gasteiger partial charge in [0.2, 0.25) is 0 Å². The molecule has 1 aliphatic rings. The first-order chi connectivity index (χ1) is 8.11. The number of hydrogen-bond donors (Lipinski definition) is 1. The highest BCUT2D eigenvalue weighted by atomic mass is 32.2. The highest BCUT2D eigenvalue weighted by Crippen LogP contribution is 2.35. The van der Waals surface area contributed by atoms with Crippen molar-refractivity contribution < 1.29 is 5.11 Å². The fourth-order valence-electron chi connectivity index (χ4n) is 2.12. The van der Waals surface area contributed by atoms with Gasteiger partial charge in [-0.2, -0.15) is 0 Å². The van der Waals surface area contributed by atoms with Crippen LogP contribution in [0.1, 0.15) is 38.7 Å². The van der Waals surface area contributed by atoms with Gasteiger partial charge in [0.1, 0.15) is 5.04 Å². The minimum atomic E-state index is -0.906.